The van der Waals surface area contributed by atoms with Crippen molar-refractivity contribution in [2.75, 3.05) is 44.9 Å². The zero-order valence-corrected chi connectivity index (χ0v) is 22.5. The molecule has 0 N–H and O–H groups in total. The number of fused-ring (bicyclic) bond motifs is 1. The molecule has 1 aromatic carbocycles. The van der Waals surface area contributed by atoms with Gasteiger partial charge in [0.2, 0.25) is 0 Å². The number of morpholine rings is 1. The molecule has 7 heteroatoms. The van der Waals surface area contributed by atoms with Gasteiger partial charge < -0.3 is 23.7 Å². The predicted molar refractivity (Wildman–Crippen MR) is 144 cm³/mol. The first-order chi connectivity index (χ1) is 17.3. The van der Waals surface area contributed by atoms with Crippen molar-refractivity contribution in [2.45, 2.75) is 53.7 Å². The van der Waals surface area contributed by atoms with E-state index in [1.54, 1.807) is 7.11 Å². The number of methoxy groups -OCH3 is 1. The number of ether oxygens (including phenoxy) is 3. The van der Waals surface area contributed by atoms with Crippen LogP contribution in [0.3, 0.4) is 0 Å². The fourth-order valence-corrected chi connectivity index (χ4v) is 5.24. The third kappa shape index (κ3) is 5.27. The van der Waals surface area contributed by atoms with E-state index >= 15 is 0 Å². The Hall–Kier alpha value is -2.90. The largest absolute Gasteiger partial charge is 0.467 e. The van der Waals surface area contributed by atoms with Crippen molar-refractivity contribution in [3.05, 3.63) is 47.3 Å². The molecule has 0 amide bonds. The van der Waals surface area contributed by atoms with E-state index in [9.17, 15) is 4.79 Å². The molecular weight excluding hydrogens is 454 g/mol. The topological polar surface area (TPSA) is 65.8 Å². The molecule has 0 radical (unpaired) electrons. The first-order valence-corrected chi connectivity index (χ1v) is 12.8. The highest BCUT2D eigenvalue weighted by Crippen LogP contribution is 2.41. The van der Waals surface area contributed by atoms with Crippen molar-refractivity contribution in [3.8, 4) is 11.3 Å². The number of carbonyl (C=O) groups excluding carboxylic acids is 1. The Balaban J connectivity index is 1.99. The van der Waals surface area contributed by atoms with Gasteiger partial charge in [-0.05, 0) is 62.6 Å². The van der Waals surface area contributed by atoms with Crippen molar-refractivity contribution < 1.29 is 19.0 Å². The van der Waals surface area contributed by atoms with Crippen LogP contribution in [0.5, 0.6) is 0 Å². The molecule has 0 aliphatic carbocycles. The summed E-state index contributed by atoms with van der Waals surface area (Å²) in [7, 11) is 1.72. The molecule has 1 saturated heterocycles. The lowest BCUT2D eigenvalue weighted by atomic mass is 9.84. The fraction of sp³-hybridized carbons (Fsp3) is 0.517. The van der Waals surface area contributed by atoms with Crippen molar-refractivity contribution in [3.63, 3.8) is 0 Å². The third-order valence-corrected chi connectivity index (χ3v) is 7.09. The fourth-order valence-electron chi connectivity index (χ4n) is 5.24. The first-order valence-electron chi connectivity index (χ1n) is 12.8. The number of aryl methyl sites for hydroxylation is 2. The number of carbonyl (C=O) groups is 1. The Morgan fingerprint density at radius 1 is 1.22 bits per heavy atom. The average Bonchev–Trinajstić information content (AvgIpc) is 3.19. The van der Waals surface area contributed by atoms with Crippen LogP contribution in [-0.2, 0) is 32.0 Å². The maximum atomic E-state index is 11.0. The Morgan fingerprint density at radius 2 is 1.97 bits per heavy atom. The molecular formula is C29H39N3O4. The van der Waals surface area contributed by atoms with Gasteiger partial charge in [-0.2, -0.15) is 0 Å². The first kappa shape index (κ1) is 26.2. The summed E-state index contributed by atoms with van der Waals surface area (Å²) in [4.78, 5) is 18.2. The van der Waals surface area contributed by atoms with Crippen LogP contribution in [0.1, 0.15) is 50.6 Å². The molecule has 1 aliphatic heterocycles. The summed E-state index contributed by atoms with van der Waals surface area (Å²) in [6.45, 7) is 15.6. The predicted octanol–water partition coefficient (Wildman–Crippen LogP) is 5.32. The van der Waals surface area contributed by atoms with Crippen LogP contribution in [0.25, 0.3) is 22.2 Å². The van der Waals surface area contributed by atoms with Crippen LogP contribution < -0.4 is 4.90 Å². The second-order valence-electron chi connectivity index (χ2n) is 10.4. The maximum Gasteiger partial charge on any atom is 0.293 e. The second kappa shape index (κ2) is 11.0. The molecule has 0 bridgehead atoms. The standard InChI is InChI=1S/C29H39N3O4/c1-7-32-26-9-8-22(31-10-12-35-13-11-31)15-23(26)25(16-29(4,5)18-36-19-33)28(32)24-14-20(2)17-30-27(24)21(3)34-6/h8-9,14-15,17,19,21H,7,10-13,16,18H2,1-6H3. The molecule has 7 nitrogen and oxygen atoms in total. The van der Waals surface area contributed by atoms with E-state index in [2.05, 4.69) is 61.4 Å². The van der Waals surface area contributed by atoms with Crippen LogP contribution >= 0.6 is 0 Å². The quantitative estimate of drug-likeness (QED) is 0.356. The van der Waals surface area contributed by atoms with Crippen LogP contribution in [0.2, 0.25) is 0 Å². The van der Waals surface area contributed by atoms with Gasteiger partial charge in [0, 0.05) is 60.5 Å². The summed E-state index contributed by atoms with van der Waals surface area (Å²) in [6, 6.07) is 9.01. The van der Waals surface area contributed by atoms with Gasteiger partial charge in [0.15, 0.2) is 0 Å². The minimum Gasteiger partial charge on any atom is -0.467 e. The highest BCUT2D eigenvalue weighted by molar-refractivity contribution is 5.94. The number of aromatic nitrogens is 2. The van der Waals surface area contributed by atoms with Gasteiger partial charge in [-0.15, -0.1) is 0 Å². The molecule has 1 fully saturated rings. The summed E-state index contributed by atoms with van der Waals surface area (Å²) in [6.07, 6.45) is 2.51. The van der Waals surface area contributed by atoms with Crippen molar-refractivity contribution in [1.29, 1.82) is 0 Å². The van der Waals surface area contributed by atoms with Crippen LogP contribution in [-0.4, -0.2) is 56.0 Å². The van der Waals surface area contributed by atoms with Gasteiger partial charge >= 0.3 is 0 Å². The summed E-state index contributed by atoms with van der Waals surface area (Å²) in [5, 5.41) is 1.23. The summed E-state index contributed by atoms with van der Waals surface area (Å²) < 4.78 is 18.9. The third-order valence-electron chi connectivity index (χ3n) is 7.09. The normalized spacial score (nSPS) is 15.3. The number of benzene rings is 1. The van der Waals surface area contributed by atoms with E-state index in [1.807, 2.05) is 13.1 Å². The van der Waals surface area contributed by atoms with E-state index in [4.69, 9.17) is 19.2 Å². The molecule has 3 heterocycles. The zero-order chi connectivity index (χ0) is 25.9. The molecule has 4 rings (SSSR count). The van der Waals surface area contributed by atoms with Gasteiger partial charge in [-0.1, -0.05) is 13.8 Å². The highest BCUT2D eigenvalue weighted by atomic mass is 16.5. The lowest BCUT2D eigenvalue weighted by molar-refractivity contribution is -0.131. The van der Waals surface area contributed by atoms with Gasteiger partial charge in [0.1, 0.15) is 0 Å². The molecule has 1 unspecified atom stereocenters. The summed E-state index contributed by atoms with van der Waals surface area (Å²) in [5.74, 6) is 0. The summed E-state index contributed by atoms with van der Waals surface area (Å²) >= 11 is 0. The number of pyridine rings is 1. The minimum absolute atomic E-state index is 0.146. The molecule has 0 saturated carbocycles. The van der Waals surface area contributed by atoms with E-state index in [-0.39, 0.29) is 11.5 Å². The SMILES string of the molecule is CCn1c(-c2cc(C)cnc2C(C)OC)c(CC(C)(C)COC=O)c2cc(N3CCOCC3)ccc21. The Labute approximate surface area is 214 Å². The van der Waals surface area contributed by atoms with E-state index in [0.717, 1.165) is 56.1 Å². The van der Waals surface area contributed by atoms with Crippen LogP contribution in [0, 0.1) is 12.3 Å². The number of anilines is 1. The Bertz CT molecular complexity index is 1210. The number of hydrogen-bond donors (Lipinski definition) is 0. The lowest BCUT2D eigenvalue weighted by Gasteiger charge is -2.29. The van der Waals surface area contributed by atoms with Gasteiger partial charge in [-0.3, -0.25) is 9.78 Å². The number of hydrogen-bond acceptors (Lipinski definition) is 6. The maximum absolute atomic E-state index is 11.0. The van der Waals surface area contributed by atoms with E-state index in [0.29, 0.717) is 13.1 Å². The molecule has 194 valence electrons. The summed E-state index contributed by atoms with van der Waals surface area (Å²) in [5.41, 5.74) is 7.70. The second-order valence-corrected chi connectivity index (χ2v) is 10.4. The average molecular weight is 494 g/mol. The van der Waals surface area contributed by atoms with Gasteiger partial charge in [0.05, 0.1) is 37.3 Å². The molecule has 2 aromatic heterocycles. The monoisotopic (exact) mass is 493 g/mol. The number of rotatable bonds is 10. The molecule has 1 atom stereocenters. The van der Waals surface area contributed by atoms with Crippen LogP contribution in [0.15, 0.2) is 30.5 Å². The van der Waals surface area contributed by atoms with Crippen molar-refractivity contribution >= 4 is 23.1 Å². The van der Waals surface area contributed by atoms with Crippen molar-refractivity contribution in [2.24, 2.45) is 5.41 Å². The van der Waals surface area contributed by atoms with E-state index in [1.165, 1.54) is 27.8 Å². The highest BCUT2D eigenvalue weighted by Gasteiger charge is 2.29. The Morgan fingerprint density at radius 3 is 2.64 bits per heavy atom. The number of nitrogens with zero attached hydrogens (tertiary/aromatic N) is 3. The van der Waals surface area contributed by atoms with Crippen LogP contribution in [0.4, 0.5) is 5.69 Å². The molecule has 36 heavy (non-hydrogen) atoms. The smallest absolute Gasteiger partial charge is 0.293 e. The van der Waals surface area contributed by atoms with Gasteiger partial charge in [-0.25, -0.2) is 0 Å². The van der Waals surface area contributed by atoms with Gasteiger partial charge in [0.25, 0.3) is 6.47 Å². The van der Waals surface area contributed by atoms with Crippen molar-refractivity contribution in [1.82, 2.24) is 9.55 Å². The lowest BCUT2D eigenvalue weighted by Crippen LogP contribution is -2.36. The molecule has 3 aromatic rings. The van der Waals surface area contributed by atoms with E-state index < -0.39 is 0 Å². The zero-order valence-electron chi connectivity index (χ0n) is 22.5. The molecule has 1 aliphatic rings. The minimum atomic E-state index is -0.248. The molecule has 0 spiro atoms. The Kier molecular flexibility index (Phi) is 8.00.